The van der Waals surface area contributed by atoms with Crippen molar-refractivity contribution in [3.63, 3.8) is 0 Å². The van der Waals surface area contributed by atoms with Crippen molar-refractivity contribution in [3.8, 4) is 0 Å². The number of thiocarbonyl (C=S) groups is 1. The highest BCUT2D eigenvalue weighted by Gasteiger charge is 2.37. The number of alkyl halides is 6. The van der Waals surface area contributed by atoms with E-state index in [-0.39, 0.29) is 28.9 Å². The molecule has 1 aromatic carbocycles. The first-order valence-corrected chi connectivity index (χ1v) is 8.46. The highest BCUT2D eigenvalue weighted by atomic mass is 32.1. The Kier molecular flexibility index (Phi) is 6.38. The Morgan fingerprint density at radius 1 is 0.923 bits per heavy atom. The molecule has 0 heterocycles. The van der Waals surface area contributed by atoms with Crippen LogP contribution in [-0.2, 0) is 12.4 Å². The molecule has 2 rings (SSSR count). The first kappa shape index (κ1) is 20.8. The van der Waals surface area contributed by atoms with Gasteiger partial charge in [0.2, 0.25) is 0 Å². The Labute approximate surface area is 152 Å². The molecule has 0 aromatic heterocycles. The van der Waals surface area contributed by atoms with E-state index in [0.717, 1.165) is 25.7 Å². The van der Waals surface area contributed by atoms with Crippen LogP contribution in [0.3, 0.4) is 0 Å². The fraction of sp³-hybridized carbons (Fsp3) is 0.562. The van der Waals surface area contributed by atoms with Crippen LogP contribution >= 0.6 is 12.2 Å². The Morgan fingerprint density at radius 3 is 1.88 bits per heavy atom. The minimum atomic E-state index is -4.90. The predicted molar refractivity (Wildman–Crippen MR) is 90.9 cm³/mol. The predicted octanol–water partition coefficient (Wildman–Crippen LogP) is 4.54. The van der Waals surface area contributed by atoms with Crippen molar-refractivity contribution < 1.29 is 26.3 Å². The van der Waals surface area contributed by atoms with E-state index in [1.165, 1.54) is 0 Å². The highest BCUT2D eigenvalue weighted by molar-refractivity contribution is 7.80. The maximum atomic E-state index is 12.9. The van der Waals surface area contributed by atoms with Crippen molar-refractivity contribution in [3.05, 3.63) is 29.3 Å². The molecular formula is C16H19F6N3S. The smallest absolute Gasteiger partial charge is 0.358 e. The van der Waals surface area contributed by atoms with E-state index < -0.39 is 23.5 Å². The van der Waals surface area contributed by atoms with Crippen LogP contribution in [0.25, 0.3) is 0 Å². The summed E-state index contributed by atoms with van der Waals surface area (Å²) < 4.78 is 77.3. The van der Waals surface area contributed by atoms with Gasteiger partial charge in [0.1, 0.15) is 0 Å². The van der Waals surface area contributed by atoms with Crippen LogP contribution in [0.2, 0.25) is 0 Å². The summed E-state index contributed by atoms with van der Waals surface area (Å²) in [7, 11) is 1.80. The first-order chi connectivity index (χ1) is 12.0. The van der Waals surface area contributed by atoms with Gasteiger partial charge in [0, 0.05) is 17.8 Å². The maximum Gasteiger partial charge on any atom is 0.416 e. The SMILES string of the molecule is CN[C@H]1CCCC[C@@H]1NC(=S)Nc1cc(C(F)(F)F)cc(C(F)(F)F)c1. The quantitative estimate of drug-likeness (QED) is 0.515. The molecule has 0 aliphatic heterocycles. The van der Waals surface area contributed by atoms with Crippen molar-refractivity contribution in [2.45, 2.75) is 50.1 Å². The Hall–Kier alpha value is -1.55. The van der Waals surface area contributed by atoms with Crippen LogP contribution in [0.4, 0.5) is 32.0 Å². The molecule has 1 saturated carbocycles. The molecule has 1 aromatic rings. The molecule has 3 N–H and O–H groups in total. The summed E-state index contributed by atoms with van der Waals surface area (Å²) in [4.78, 5) is 0. The molecule has 0 saturated heterocycles. The lowest BCUT2D eigenvalue weighted by Gasteiger charge is -2.32. The second kappa shape index (κ2) is 7.99. The fourth-order valence-electron chi connectivity index (χ4n) is 3.01. The van der Waals surface area contributed by atoms with Gasteiger partial charge in [0.15, 0.2) is 5.11 Å². The topological polar surface area (TPSA) is 36.1 Å². The highest BCUT2D eigenvalue weighted by Crippen LogP contribution is 2.37. The summed E-state index contributed by atoms with van der Waals surface area (Å²) in [5, 5.41) is 8.56. The van der Waals surface area contributed by atoms with Gasteiger partial charge in [0.05, 0.1) is 11.1 Å². The van der Waals surface area contributed by atoms with Crippen molar-refractivity contribution >= 4 is 23.0 Å². The van der Waals surface area contributed by atoms with Crippen LogP contribution < -0.4 is 16.0 Å². The monoisotopic (exact) mass is 399 g/mol. The van der Waals surface area contributed by atoms with E-state index in [1.807, 2.05) is 0 Å². The number of likely N-dealkylation sites (N-methyl/N-ethyl adjacent to an activating group) is 1. The normalized spacial score (nSPS) is 21.3. The zero-order chi connectivity index (χ0) is 19.5. The van der Waals surface area contributed by atoms with Crippen LogP contribution in [0.15, 0.2) is 18.2 Å². The summed E-state index contributed by atoms with van der Waals surface area (Å²) in [6.07, 6.45) is -6.05. The van der Waals surface area contributed by atoms with E-state index in [1.54, 1.807) is 7.05 Å². The number of benzene rings is 1. The summed E-state index contributed by atoms with van der Waals surface area (Å²) in [6.45, 7) is 0. The van der Waals surface area contributed by atoms with Crippen LogP contribution in [0.5, 0.6) is 0 Å². The second-order valence-electron chi connectivity index (χ2n) is 6.18. The number of rotatable bonds is 3. The van der Waals surface area contributed by atoms with Crippen LogP contribution in [0.1, 0.15) is 36.8 Å². The van der Waals surface area contributed by atoms with Crippen LogP contribution in [-0.4, -0.2) is 24.2 Å². The summed E-state index contributed by atoms with van der Waals surface area (Å²) in [5.41, 5.74) is -3.13. The molecule has 26 heavy (non-hydrogen) atoms. The lowest BCUT2D eigenvalue weighted by atomic mass is 9.90. The van der Waals surface area contributed by atoms with Gasteiger partial charge < -0.3 is 16.0 Å². The molecule has 0 amide bonds. The first-order valence-electron chi connectivity index (χ1n) is 8.05. The number of nitrogens with one attached hydrogen (secondary N) is 3. The average Bonchev–Trinajstić information content (AvgIpc) is 2.53. The van der Waals surface area contributed by atoms with Gasteiger partial charge in [-0.1, -0.05) is 12.8 Å². The van der Waals surface area contributed by atoms with E-state index in [4.69, 9.17) is 12.2 Å². The summed E-state index contributed by atoms with van der Waals surface area (Å²) >= 11 is 5.08. The van der Waals surface area contributed by atoms with Crippen molar-refractivity contribution in [2.75, 3.05) is 12.4 Å². The van der Waals surface area contributed by atoms with Gasteiger partial charge in [-0.2, -0.15) is 26.3 Å². The minimum Gasteiger partial charge on any atom is -0.358 e. The number of hydrogen-bond donors (Lipinski definition) is 3. The molecule has 0 unspecified atom stereocenters. The summed E-state index contributed by atoms with van der Waals surface area (Å²) in [5.74, 6) is 0. The molecule has 10 heteroatoms. The molecule has 0 spiro atoms. The molecule has 0 bridgehead atoms. The van der Waals surface area contributed by atoms with Crippen molar-refractivity contribution in [2.24, 2.45) is 0 Å². The van der Waals surface area contributed by atoms with Crippen LogP contribution in [0, 0.1) is 0 Å². The molecule has 3 nitrogen and oxygen atoms in total. The Morgan fingerprint density at radius 2 is 1.42 bits per heavy atom. The van der Waals surface area contributed by atoms with Gasteiger partial charge >= 0.3 is 12.4 Å². The van der Waals surface area contributed by atoms with E-state index in [2.05, 4.69) is 16.0 Å². The third-order valence-electron chi connectivity index (χ3n) is 4.30. The molecule has 1 fully saturated rings. The van der Waals surface area contributed by atoms with Gasteiger partial charge in [-0.15, -0.1) is 0 Å². The fourth-order valence-corrected chi connectivity index (χ4v) is 3.28. The largest absolute Gasteiger partial charge is 0.416 e. The third kappa shape index (κ3) is 5.47. The number of anilines is 1. The molecule has 0 radical (unpaired) electrons. The van der Waals surface area contributed by atoms with Crippen molar-refractivity contribution in [1.82, 2.24) is 10.6 Å². The molecular weight excluding hydrogens is 380 g/mol. The second-order valence-corrected chi connectivity index (χ2v) is 6.59. The lowest BCUT2D eigenvalue weighted by molar-refractivity contribution is -0.143. The Balaban J connectivity index is 2.18. The minimum absolute atomic E-state index is 0.00963. The third-order valence-corrected chi connectivity index (χ3v) is 4.52. The number of halogens is 6. The zero-order valence-electron chi connectivity index (χ0n) is 13.9. The summed E-state index contributed by atoms with van der Waals surface area (Å²) in [6, 6.07) is 1.40. The molecule has 2 atom stereocenters. The van der Waals surface area contributed by atoms with Gasteiger partial charge in [-0.3, -0.25) is 0 Å². The zero-order valence-corrected chi connectivity index (χ0v) is 14.7. The van der Waals surface area contributed by atoms with Crippen molar-refractivity contribution in [1.29, 1.82) is 0 Å². The van der Waals surface area contributed by atoms with E-state index in [0.29, 0.717) is 12.1 Å². The Bertz CT molecular complexity index is 612. The lowest BCUT2D eigenvalue weighted by Crippen LogP contribution is -2.51. The van der Waals surface area contributed by atoms with E-state index in [9.17, 15) is 26.3 Å². The average molecular weight is 399 g/mol. The van der Waals surface area contributed by atoms with E-state index >= 15 is 0 Å². The standard InChI is InChI=1S/C16H19F6N3S/c1-23-12-4-2-3-5-13(12)25-14(26)24-11-7-9(15(17,18)19)6-10(8-11)16(20,21)22/h6-8,12-13,23H,2-5H2,1H3,(H2,24,25,26)/t12-,13-/m0/s1. The maximum absolute atomic E-state index is 12.9. The molecule has 146 valence electrons. The van der Waals surface area contributed by atoms with Gasteiger partial charge in [-0.05, 0) is 50.3 Å². The van der Waals surface area contributed by atoms with Gasteiger partial charge in [-0.25, -0.2) is 0 Å². The van der Waals surface area contributed by atoms with Gasteiger partial charge in [0.25, 0.3) is 0 Å². The molecule has 1 aliphatic rings. The molecule has 1 aliphatic carbocycles. The number of hydrogen-bond acceptors (Lipinski definition) is 2.